The molecule has 40 heavy (non-hydrogen) atoms. The average molecular weight is 527 g/mol. The molecule has 11 aromatic rings. The first-order valence-corrected chi connectivity index (χ1v) is 14.4. The predicted molar refractivity (Wildman–Crippen MR) is 170 cm³/mol. The fourth-order valence-corrected chi connectivity index (χ4v) is 8.67. The fraction of sp³-hybridized carbons (Fsp3) is 0. The van der Waals surface area contributed by atoms with Gasteiger partial charge in [0.15, 0.2) is 0 Å². The zero-order chi connectivity index (χ0) is 25.7. The van der Waals surface area contributed by atoms with Gasteiger partial charge in [-0.15, -0.1) is 11.3 Å². The molecule has 0 aliphatic carbocycles. The van der Waals surface area contributed by atoms with E-state index in [1.807, 2.05) is 11.3 Å². The Morgan fingerprint density at radius 2 is 1.18 bits per heavy atom. The fourth-order valence-electron chi connectivity index (χ4n) is 7.45. The van der Waals surface area contributed by atoms with E-state index < -0.39 is 0 Å². The molecule has 4 heteroatoms. The minimum absolute atomic E-state index is 0.930. The first kappa shape index (κ1) is 19.9. The normalized spacial score (nSPS) is 13.0. The van der Waals surface area contributed by atoms with Crippen molar-refractivity contribution < 1.29 is 4.42 Å². The first-order valence-electron chi connectivity index (χ1n) is 13.6. The summed E-state index contributed by atoms with van der Waals surface area (Å²) in [5, 5.41) is 9.98. The van der Waals surface area contributed by atoms with Gasteiger partial charge in [0.2, 0.25) is 0 Å². The van der Waals surface area contributed by atoms with Crippen molar-refractivity contribution in [2.75, 3.05) is 0 Å². The minimum atomic E-state index is 0.930. The third kappa shape index (κ3) is 2.09. The van der Waals surface area contributed by atoms with Crippen LogP contribution in [-0.4, -0.2) is 8.80 Å². The van der Waals surface area contributed by atoms with Gasteiger partial charge in [0.25, 0.3) is 0 Å². The molecule has 0 bridgehead atoms. The van der Waals surface area contributed by atoms with E-state index in [9.17, 15) is 0 Å². The molecule has 0 N–H and O–H groups in total. The number of thiophene rings is 1. The van der Waals surface area contributed by atoms with Crippen molar-refractivity contribution in [3.63, 3.8) is 0 Å². The van der Waals surface area contributed by atoms with E-state index in [1.165, 1.54) is 80.2 Å². The molecular formula is C36H18N2OS. The molecule has 5 aromatic heterocycles. The van der Waals surface area contributed by atoms with Crippen molar-refractivity contribution in [2.24, 2.45) is 0 Å². The van der Waals surface area contributed by atoms with E-state index in [-0.39, 0.29) is 0 Å². The molecule has 0 aliphatic rings. The molecule has 0 radical (unpaired) electrons. The molecule has 3 nitrogen and oxygen atoms in total. The lowest BCUT2D eigenvalue weighted by molar-refractivity contribution is 0.673. The maximum Gasteiger partial charge on any atom is 0.145 e. The Hall–Kier alpha value is -5.06. The molecule has 5 heterocycles. The maximum absolute atomic E-state index is 6.66. The largest absolute Gasteiger partial charge is 0.455 e. The smallest absolute Gasteiger partial charge is 0.145 e. The number of fused-ring (bicyclic) bond motifs is 16. The standard InChI is InChI=1S/C36H18N2OS/c1-5-13-26-19(9-1)23-17-25-21-11-4-8-16-30(21)40-36(25)34-32(23)37(26)28-18-24-20-10-3-7-15-29(20)39-35(24)31-22-12-2-6-14-27(22)38(34)33(28)31/h1-18H. The molecule has 0 aliphatic heterocycles. The zero-order valence-electron chi connectivity index (χ0n) is 21.1. The predicted octanol–water partition coefficient (Wildman–Crippen LogP) is 10.5. The van der Waals surface area contributed by atoms with Crippen LogP contribution in [-0.2, 0) is 0 Å². The summed E-state index contributed by atoms with van der Waals surface area (Å²) in [5.74, 6) is 0. The summed E-state index contributed by atoms with van der Waals surface area (Å²) in [5.41, 5.74) is 9.34. The van der Waals surface area contributed by atoms with Gasteiger partial charge in [0, 0.05) is 42.4 Å². The second-order valence-corrected chi connectivity index (χ2v) is 11.9. The SMILES string of the molecule is c1ccc2c(c1)oc1c2cc2c3c1c1ccccc1n3c1c3sc4ccccc4c3cc3c4ccccc4n2c31. The third-order valence-corrected chi connectivity index (χ3v) is 10.2. The van der Waals surface area contributed by atoms with Gasteiger partial charge >= 0.3 is 0 Å². The van der Waals surface area contributed by atoms with Gasteiger partial charge in [0.05, 0.1) is 43.2 Å². The van der Waals surface area contributed by atoms with Gasteiger partial charge in [0.1, 0.15) is 11.2 Å². The highest BCUT2D eigenvalue weighted by Crippen LogP contribution is 2.49. The number of nitrogens with zero attached hydrogens (tertiary/aromatic N) is 2. The number of aromatic nitrogens is 2. The number of rotatable bonds is 0. The lowest BCUT2D eigenvalue weighted by atomic mass is 10.1. The minimum Gasteiger partial charge on any atom is -0.455 e. The van der Waals surface area contributed by atoms with Gasteiger partial charge in [-0.2, -0.15) is 0 Å². The Morgan fingerprint density at radius 1 is 0.475 bits per heavy atom. The Kier molecular flexibility index (Phi) is 3.27. The molecule has 184 valence electrons. The zero-order valence-corrected chi connectivity index (χ0v) is 21.9. The molecule has 11 rings (SSSR count). The second kappa shape index (κ2) is 6.56. The Bertz CT molecular complexity index is 2860. The van der Waals surface area contributed by atoms with Gasteiger partial charge in [-0.25, -0.2) is 0 Å². The summed E-state index contributed by atoms with van der Waals surface area (Å²) in [4.78, 5) is 0. The van der Waals surface area contributed by atoms with E-state index in [0.717, 1.165) is 16.6 Å². The monoisotopic (exact) mass is 526 g/mol. The number of hydrogen-bond acceptors (Lipinski definition) is 2. The third-order valence-electron chi connectivity index (χ3n) is 9.00. The summed E-state index contributed by atoms with van der Waals surface area (Å²) < 4.78 is 14.4. The van der Waals surface area contributed by atoms with Crippen LogP contribution in [0.5, 0.6) is 0 Å². The van der Waals surface area contributed by atoms with Gasteiger partial charge < -0.3 is 13.2 Å². The first-order chi connectivity index (χ1) is 19.9. The molecule has 0 amide bonds. The summed E-state index contributed by atoms with van der Waals surface area (Å²) in [6.45, 7) is 0. The van der Waals surface area contributed by atoms with Crippen LogP contribution in [0, 0.1) is 0 Å². The molecule has 0 saturated carbocycles. The van der Waals surface area contributed by atoms with Crippen LogP contribution in [0.2, 0.25) is 0 Å². The van der Waals surface area contributed by atoms with Crippen LogP contribution in [0.4, 0.5) is 0 Å². The number of benzene rings is 6. The highest BCUT2D eigenvalue weighted by molar-refractivity contribution is 7.26. The Balaban J connectivity index is 1.60. The van der Waals surface area contributed by atoms with Crippen molar-refractivity contribution >= 4 is 108 Å². The molecule has 0 atom stereocenters. The molecular weight excluding hydrogens is 508 g/mol. The van der Waals surface area contributed by atoms with Crippen LogP contribution in [0.25, 0.3) is 96.8 Å². The van der Waals surface area contributed by atoms with Crippen LogP contribution in [0.15, 0.2) is 114 Å². The van der Waals surface area contributed by atoms with E-state index in [0.29, 0.717) is 0 Å². The molecule has 6 aromatic carbocycles. The van der Waals surface area contributed by atoms with Crippen LogP contribution in [0.3, 0.4) is 0 Å². The van der Waals surface area contributed by atoms with Crippen molar-refractivity contribution in [1.29, 1.82) is 0 Å². The maximum atomic E-state index is 6.66. The van der Waals surface area contributed by atoms with E-state index in [4.69, 9.17) is 4.42 Å². The highest BCUT2D eigenvalue weighted by Gasteiger charge is 2.26. The quantitative estimate of drug-likeness (QED) is 0.180. The lowest BCUT2D eigenvalue weighted by Crippen LogP contribution is -1.97. The van der Waals surface area contributed by atoms with E-state index in [2.05, 4.69) is 118 Å². The Morgan fingerprint density at radius 3 is 2.05 bits per heavy atom. The van der Waals surface area contributed by atoms with Crippen LogP contribution >= 0.6 is 11.3 Å². The highest BCUT2D eigenvalue weighted by atomic mass is 32.1. The summed E-state index contributed by atoms with van der Waals surface area (Å²) in [6, 6.07) is 39.8. The Labute approximate surface area is 230 Å². The molecule has 0 fully saturated rings. The van der Waals surface area contributed by atoms with Gasteiger partial charge in [-0.3, -0.25) is 0 Å². The number of furan rings is 1. The number of para-hydroxylation sites is 3. The summed E-state index contributed by atoms with van der Waals surface area (Å²) in [6.07, 6.45) is 0. The molecule has 0 spiro atoms. The van der Waals surface area contributed by atoms with Crippen molar-refractivity contribution in [3.05, 3.63) is 109 Å². The molecule has 0 unspecified atom stereocenters. The van der Waals surface area contributed by atoms with Gasteiger partial charge in [-0.05, 0) is 36.4 Å². The lowest BCUT2D eigenvalue weighted by Gasteiger charge is -2.13. The van der Waals surface area contributed by atoms with Crippen molar-refractivity contribution in [2.45, 2.75) is 0 Å². The van der Waals surface area contributed by atoms with E-state index >= 15 is 0 Å². The van der Waals surface area contributed by atoms with Crippen molar-refractivity contribution in [3.8, 4) is 0 Å². The molecule has 0 saturated heterocycles. The second-order valence-electron chi connectivity index (χ2n) is 10.9. The van der Waals surface area contributed by atoms with E-state index in [1.54, 1.807) is 0 Å². The van der Waals surface area contributed by atoms with Gasteiger partial charge in [-0.1, -0.05) is 72.8 Å². The topological polar surface area (TPSA) is 22.0 Å². The van der Waals surface area contributed by atoms with Crippen LogP contribution < -0.4 is 0 Å². The summed E-state index contributed by atoms with van der Waals surface area (Å²) in [7, 11) is 0. The number of hydrogen-bond donors (Lipinski definition) is 0. The summed E-state index contributed by atoms with van der Waals surface area (Å²) >= 11 is 1.90. The van der Waals surface area contributed by atoms with Crippen LogP contribution in [0.1, 0.15) is 0 Å². The average Bonchev–Trinajstić information content (AvgIpc) is 3.74. The van der Waals surface area contributed by atoms with Crippen molar-refractivity contribution in [1.82, 2.24) is 8.80 Å².